The monoisotopic (exact) mass is 407 g/mol. The number of nitrogens with one attached hydrogen (secondary N) is 1. The topological polar surface area (TPSA) is 75.3 Å². The predicted octanol–water partition coefficient (Wildman–Crippen LogP) is 1.16. The minimum atomic E-state index is -0.534. The van der Waals surface area contributed by atoms with Gasteiger partial charge in [-0.2, -0.15) is 5.10 Å². The van der Waals surface area contributed by atoms with E-state index in [1.165, 1.54) is 6.07 Å². The first-order valence-corrected chi connectivity index (χ1v) is 10.0. The van der Waals surface area contributed by atoms with Crippen LogP contribution in [0.4, 0.5) is 4.39 Å². The number of halogens is 1. The van der Waals surface area contributed by atoms with E-state index in [1.54, 1.807) is 30.2 Å². The fraction of sp³-hybridized carbons (Fsp3) is 0.318. The van der Waals surface area contributed by atoms with E-state index < -0.39 is 5.82 Å². The Hall–Kier alpha value is -3.00. The number of H-pyrrole nitrogens is 1. The van der Waals surface area contributed by atoms with Crippen molar-refractivity contribution >= 4 is 30.0 Å². The van der Waals surface area contributed by atoms with E-state index in [2.05, 4.69) is 10.2 Å². The van der Waals surface area contributed by atoms with Crippen LogP contribution in [0.25, 0.3) is 10.8 Å². The molecule has 4 rings (SSSR count). The van der Waals surface area contributed by atoms with Crippen molar-refractivity contribution in [1.82, 2.24) is 15.1 Å². The van der Waals surface area contributed by atoms with Crippen LogP contribution in [0, 0.1) is 5.82 Å². The molecule has 8 heteroatoms. The maximum absolute atomic E-state index is 14.5. The number of piperidine rings is 1. The molecule has 2 heterocycles. The molecule has 1 aliphatic rings. The number of amides is 1. The number of hydrogen-bond donors (Lipinski definition) is 1. The van der Waals surface area contributed by atoms with Gasteiger partial charge in [0, 0.05) is 32.0 Å². The average molecular weight is 407 g/mol. The Morgan fingerprint density at radius 3 is 2.73 bits per heavy atom. The summed E-state index contributed by atoms with van der Waals surface area (Å²) in [5.41, 5.74) is 2.27. The third-order valence-electron chi connectivity index (χ3n) is 5.72. The highest BCUT2D eigenvalue weighted by Gasteiger charge is 2.25. The highest BCUT2D eigenvalue weighted by Crippen LogP contribution is 2.21. The first kappa shape index (κ1) is 20.3. The van der Waals surface area contributed by atoms with Gasteiger partial charge >= 0.3 is 0 Å². The zero-order valence-corrected chi connectivity index (χ0v) is 17.1. The zero-order chi connectivity index (χ0) is 21.3. The van der Waals surface area contributed by atoms with Gasteiger partial charge in [0.1, 0.15) is 13.7 Å². The lowest BCUT2D eigenvalue weighted by Gasteiger charge is -2.31. The summed E-state index contributed by atoms with van der Waals surface area (Å²) in [6.45, 7) is 1.10. The second-order valence-electron chi connectivity index (χ2n) is 7.77. The number of benzene rings is 2. The van der Waals surface area contributed by atoms with Crippen molar-refractivity contribution < 1.29 is 13.9 Å². The normalized spacial score (nSPS) is 14.9. The Kier molecular flexibility index (Phi) is 5.68. The first-order valence-electron chi connectivity index (χ1n) is 10.0. The highest BCUT2D eigenvalue weighted by atomic mass is 19.1. The second-order valence-corrected chi connectivity index (χ2v) is 7.77. The van der Waals surface area contributed by atoms with Crippen LogP contribution in [0.2, 0.25) is 0 Å². The van der Waals surface area contributed by atoms with Crippen LogP contribution in [-0.4, -0.2) is 55.2 Å². The smallest absolute Gasteiger partial charge is 0.272 e. The summed E-state index contributed by atoms with van der Waals surface area (Å²) < 4.78 is 19.8. The van der Waals surface area contributed by atoms with Crippen LogP contribution >= 0.6 is 0 Å². The summed E-state index contributed by atoms with van der Waals surface area (Å²) >= 11 is 0. The fourth-order valence-electron chi connectivity index (χ4n) is 3.97. The summed E-state index contributed by atoms with van der Waals surface area (Å²) in [5, 5.41) is 8.05. The van der Waals surface area contributed by atoms with Gasteiger partial charge in [0.15, 0.2) is 0 Å². The molecule has 0 radical (unpaired) electrons. The third-order valence-corrected chi connectivity index (χ3v) is 5.72. The van der Waals surface area contributed by atoms with Crippen molar-refractivity contribution in [3.05, 3.63) is 69.4 Å². The van der Waals surface area contributed by atoms with Gasteiger partial charge in [0.05, 0.1) is 22.7 Å². The lowest BCUT2D eigenvalue weighted by Crippen LogP contribution is -2.41. The standard InChI is InChI=1S/C22H23BFN3O3/c1-30-15-6-8-27(9-7-15)22(29)18-10-13(2-5-19(18)24)11-20-17-12-14(23)3-4-16(17)21(28)26-25-20/h2-5,10,12,15H,6-9,11,23H2,1H3,(H,26,28). The Balaban J connectivity index is 1.62. The average Bonchev–Trinajstić information content (AvgIpc) is 2.76. The molecule has 3 aromatic rings. The van der Waals surface area contributed by atoms with Crippen molar-refractivity contribution in [1.29, 1.82) is 0 Å². The molecular weight excluding hydrogens is 384 g/mol. The van der Waals surface area contributed by atoms with Crippen LogP contribution in [-0.2, 0) is 11.2 Å². The van der Waals surface area contributed by atoms with Crippen LogP contribution < -0.4 is 11.0 Å². The number of carbonyl (C=O) groups is 1. The number of ether oxygens (including phenoxy) is 1. The quantitative estimate of drug-likeness (QED) is 0.659. The van der Waals surface area contributed by atoms with Gasteiger partial charge in [-0.05, 0) is 36.6 Å². The van der Waals surface area contributed by atoms with Crippen LogP contribution in [0.1, 0.15) is 34.5 Å². The molecule has 1 aromatic heterocycles. The highest BCUT2D eigenvalue weighted by molar-refractivity contribution is 6.33. The Morgan fingerprint density at radius 2 is 2.00 bits per heavy atom. The molecule has 30 heavy (non-hydrogen) atoms. The number of nitrogens with zero attached hydrogens (tertiary/aromatic N) is 2. The minimum Gasteiger partial charge on any atom is -0.381 e. The second kappa shape index (κ2) is 8.40. The maximum atomic E-state index is 14.5. The number of aromatic amines is 1. The number of aromatic nitrogens is 2. The molecule has 0 saturated carbocycles. The number of hydrogen-bond acceptors (Lipinski definition) is 4. The predicted molar refractivity (Wildman–Crippen MR) is 116 cm³/mol. The third kappa shape index (κ3) is 4.00. The number of rotatable bonds is 4. The molecule has 0 unspecified atom stereocenters. The van der Waals surface area contributed by atoms with Gasteiger partial charge in [-0.25, -0.2) is 9.49 Å². The molecule has 154 valence electrons. The van der Waals surface area contributed by atoms with Crippen LogP contribution in [0.3, 0.4) is 0 Å². The number of likely N-dealkylation sites (tertiary alicyclic amines) is 1. The van der Waals surface area contributed by atoms with E-state index >= 15 is 0 Å². The van der Waals surface area contributed by atoms with Gasteiger partial charge in [-0.15, -0.1) is 0 Å². The number of carbonyl (C=O) groups excluding carboxylic acids is 1. The molecule has 2 aromatic carbocycles. The summed E-state index contributed by atoms with van der Waals surface area (Å²) in [4.78, 5) is 26.7. The molecule has 6 nitrogen and oxygen atoms in total. The van der Waals surface area contributed by atoms with Gasteiger partial charge in [0.2, 0.25) is 0 Å². The van der Waals surface area contributed by atoms with Crippen molar-refractivity contribution in [3.8, 4) is 0 Å². The fourth-order valence-corrected chi connectivity index (χ4v) is 3.97. The van der Waals surface area contributed by atoms with E-state index in [1.807, 2.05) is 20.0 Å². The van der Waals surface area contributed by atoms with Crippen LogP contribution in [0.5, 0.6) is 0 Å². The molecular formula is C22H23BFN3O3. The van der Waals surface area contributed by atoms with Crippen molar-refractivity contribution in [2.24, 2.45) is 0 Å². The minimum absolute atomic E-state index is 0.0632. The van der Waals surface area contributed by atoms with Crippen molar-refractivity contribution in [2.75, 3.05) is 20.2 Å². The molecule has 1 aliphatic heterocycles. The molecule has 0 aliphatic carbocycles. The molecule has 0 atom stereocenters. The first-order chi connectivity index (χ1) is 14.5. The van der Waals surface area contributed by atoms with E-state index in [0.717, 1.165) is 29.3 Å². The Labute approximate surface area is 174 Å². The van der Waals surface area contributed by atoms with E-state index in [4.69, 9.17) is 4.74 Å². The molecule has 1 fully saturated rings. The van der Waals surface area contributed by atoms with E-state index in [0.29, 0.717) is 30.6 Å². The molecule has 1 N–H and O–H groups in total. The van der Waals surface area contributed by atoms with Crippen LogP contribution in [0.15, 0.2) is 41.2 Å². The number of methoxy groups -OCH3 is 1. The molecule has 0 spiro atoms. The van der Waals surface area contributed by atoms with Gasteiger partial charge < -0.3 is 9.64 Å². The van der Waals surface area contributed by atoms with Gasteiger partial charge in [0.25, 0.3) is 11.5 Å². The van der Waals surface area contributed by atoms with Crippen molar-refractivity contribution in [2.45, 2.75) is 25.4 Å². The summed E-state index contributed by atoms with van der Waals surface area (Å²) in [7, 11) is 3.62. The molecule has 1 amide bonds. The SMILES string of the molecule is Bc1ccc2c(=O)[nH]nc(Cc3ccc(F)c(C(=O)N4CCC(OC)CC4)c3)c2c1. The molecule has 1 saturated heterocycles. The summed E-state index contributed by atoms with van der Waals surface area (Å²) in [6, 6.07) is 10.1. The van der Waals surface area contributed by atoms with Gasteiger partial charge in [-0.3, -0.25) is 9.59 Å². The summed E-state index contributed by atoms with van der Waals surface area (Å²) in [6.07, 6.45) is 2.02. The Bertz CT molecular complexity index is 1160. The lowest BCUT2D eigenvalue weighted by molar-refractivity contribution is 0.0348. The van der Waals surface area contributed by atoms with E-state index in [-0.39, 0.29) is 23.1 Å². The Morgan fingerprint density at radius 1 is 1.23 bits per heavy atom. The van der Waals surface area contributed by atoms with Crippen molar-refractivity contribution in [3.63, 3.8) is 0 Å². The largest absolute Gasteiger partial charge is 0.381 e. The van der Waals surface area contributed by atoms with E-state index in [9.17, 15) is 14.0 Å². The number of fused-ring (bicyclic) bond motifs is 1. The molecule has 0 bridgehead atoms. The lowest BCUT2D eigenvalue weighted by atomic mass is 9.92. The maximum Gasteiger partial charge on any atom is 0.272 e. The zero-order valence-electron chi connectivity index (χ0n) is 17.1. The van der Waals surface area contributed by atoms with Gasteiger partial charge in [-0.1, -0.05) is 23.7 Å². The summed E-state index contributed by atoms with van der Waals surface area (Å²) in [5.74, 6) is -0.841.